The van der Waals surface area contributed by atoms with Crippen LogP contribution in [0, 0.1) is 11.8 Å². The van der Waals surface area contributed by atoms with E-state index in [0.717, 1.165) is 6.08 Å². The van der Waals surface area contributed by atoms with E-state index >= 15 is 0 Å². The summed E-state index contributed by atoms with van der Waals surface area (Å²) in [4.78, 5) is 51.3. The minimum absolute atomic E-state index is 0.132. The first kappa shape index (κ1) is 34.4. The summed E-state index contributed by atoms with van der Waals surface area (Å²) in [5, 5.41) is 16.7. The Bertz CT molecular complexity index is 1210. The molecule has 0 aromatic carbocycles. The van der Waals surface area contributed by atoms with Crippen LogP contribution < -0.4 is 16.4 Å². The Morgan fingerprint density at radius 1 is 1.21 bits per heavy atom. The molecule has 6 atom stereocenters. The average molecular weight is 586 g/mol. The first-order valence-corrected chi connectivity index (χ1v) is 13.8. The number of amides is 2. The fourth-order valence-corrected chi connectivity index (χ4v) is 4.95. The Labute approximate surface area is 247 Å². The third kappa shape index (κ3) is 9.10. The van der Waals surface area contributed by atoms with Gasteiger partial charge in [0.1, 0.15) is 6.10 Å². The molecule has 2 aliphatic rings. The summed E-state index contributed by atoms with van der Waals surface area (Å²) >= 11 is 0. The molecule has 2 amide bonds. The van der Waals surface area contributed by atoms with Gasteiger partial charge in [-0.05, 0) is 38.2 Å². The van der Waals surface area contributed by atoms with Gasteiger partial charge in [-0.3, -0.25) is 14.4 Å². The van der Waals surface area contributed by atoms with E-state index < -0.39 is 53.9 Å². The zero-order valence-electron chi connectivity index (χ0n) is 25.1. The second-order valence-corrected chi connectivity index (χ2v) is 10.6. The molecule has 230 valence electrons. The number of ketones is 2. The van der Waals surface area contributed by atoms with Crippen LogP contribution in [0.25, 0.3) is 0 Å². The van der Waals surface area contributed by atoms with Crippen molar-refractivity contribution in [2.24, 2.45) is 17.6 Å². The summed E-state index contributed by atoms with van der Waals surface area (Å²) in [7, 11) is 2.92. The molecule has 0 radical (unpaired) electrons. The molecule has 42 heavy (non-hydrogen) atoms. The lowest BCUT2D eigenvalue weighted by Gasteiger charge is -2.30. The van der Waals surface area contributed by atoms with Gasteiger partial charge in [-0.15, -0.1) is 6.58 Å². The van der Waals surface area contributed by atoms with Crippen LogP contribution in [0.3, 0.4) is 0 Å². The Balaban J connectivity index is 2.62. The standard InChI is InChI=1S/C31H43N3O8/c1-8-12-33-26-21-13-17(2)14-25(41-7)27(36)19(4)15-20(5)29(42-31(32)39)24(40-6)11-9-10-18(3)30(38)34-22(28(21)37)16-23(26)35/h8-11,15-17,19,24-25,27,29,33,36H,1,12-14H2,2-7H3,(H2,32,39)(H,34,38)/b11-9+,18-10-,20-15+/t17-,19-,24+,25+,27-,29-/m0/s1. The maximum atomic E-state index is 13.5. The smallest absolute Gasteiger partial charge is 0.405 e. The van der Waals surface area contributed by atoms with E-state index in [1.54, 1.807) is 45.1 Å². The van der Waals surface area contributed by atoms with Crippen LogP contribution in [0.5, 0.6) is 0 Å². The fourth-order valence-electron chi connectivity index (χ4n) is 4.95. The second-order valence-electron chi connectivity index (χ2n) is 10.6. The summed E-state index contributed by atoms with van der Waals surface area (Å²) in [6, 6.07) is 0. The Morgan fingerprint density at radius 2 is 1.90 bits per heavy atom. The number of primary amides is 1. The Kier molecular flexibility index (Phi) is 13.1. The number of aliphatic hydroxyl groups is 1. The molecule has 0 unspecified atom stereocenters. The number of ether oxygens (including phenoxy) is 3. The fraction of sp³-hybridized carbons (Fsp3) is 0.484. The molecular weight excluding hydrogens is 542 g/mol. The maximum Gasteiger partial charge on any atom is 0.405 e. The SMILES string of the molecule is C=CCNC1=C2C[C@H](C)C[C@@H](OC)[C@@H](O)[C@@H](C)/C=C(\C)[C@H](OC(N)=O)[C@H](OC)/C=C/C=C(/C)C(=O)NC(=CC1=O)C2=O. The third-order valence-electron chi connectivity index (χ3n) is 7.22. The van der Waals surface area contributed by atoms with Gasteiger partial charge in [0, 0.05) is 43.9 Å². The average Bonchev–Trinajstić information content (AvgIpc) is 2.94. The molecule has 0 saturated carbocycles. The van der Waals surface area contributed by atoms with Crippen molar-refractivity contribution in [2.75, 3.05) is 20.8 Å². The Hall–Kier alpha value is -3.80. The molecule has 1 heterocycles. The highest BCUT2D eigenvalue weighted by Gasteiger charge is 2.33. The number of hydrogen-bond donors (Lipinski definition) is 4. The summed E-state index contributed by atoms with van der Waals surface area (Å²) in [5.41, 5.74) is 6.42. The van der Waals surface area contributed by atoms with Crippen LogP contribution in [-0.2, 0) is 28.6 Å². The van der Waals surface area contributed by atoms with Crippen molar-refractivity contribution in [1.82, 2.24) is 10.6 Å². The number of methoxy groups -OCH3 is 2. The van der Waals surface area contributed by atoms with Crippen molar-refractivity contribution in [2.45, 2.75) is 65.0 Å². The minimum Gasteiger partial charge on any atom is -0.439 e. The minimum atomic E-state index is -1.00. The monoisotopic (exact) mass is 585 g/mol. The molecule has 0 aromatic heterocycles. The highest BCUT2D eigenvalue weighted by atomic mass is 16.6. The summed E-state index contributed by atoms with van der Waals surface area (Å²) in [6.45, 7) is 10.9. The number of carbonyl (C=O) groups excluding carboxylic acids is 4. The number of Topliss-reactive ketones (excluding diaryl/α,β-unsaturated/α-hetero) is 1. The number of hydrogen-bond acceptors (Lipinski definition) is 9. The van der Waals surface area contributed by atoms with Crippen molar-refractivity contribution < 1.29 is 38.5 Å². The number of aliphatic hydroxyl groups excluding tert-OH is 1. The molecule has 11 nitrogen and oxygen atoms in total. The van der Waals surface area contributed by atoms with Gasteiger partial charge in [-0.1, -0.05) is 44.2 Å². The first-order valence-electron chi connectivity index (χ1n) is 13.8. The van der Waals surface area contributed by atoms with E-state index in [-0.39, 0.29) is 41.4 Å². The zero-order chi connectivity index (χ0) is 31.6. The first-order chi connectivity index (χ1) is 19.8. The zero-order valence-corrected chi connectivity index (χ0v) is 25.1. The maximum absolute atomic E-state index is 13.5. The van der Waals surface area contributed by atoms with Gasteiger partial charge in [0.25, 0.3) is 5.91 Å². The highest BCUT2D eigenvalue weighted by Crippen LogP contribution is 2.28. The summed E-state index contributed by atoms with van der Waals surface area (Å²) < 4.78 is 16.6. The molecule has 5 N–H and O–H groups in total. The van der Waals surface area contributed by atoms with E-state index in [1.165, 1.54) is 20.3 Å². The predicted octanol–water partition coefficient (Wildman–Crippen LogP) is 2.54. The number of rotatable bonds is 6. The van der Waals surface area contributed by atoms with E-state index in [0.29, 0.717) is 12.0 Å². The summed E-state index contributed by atoms with van der Waals surface area (Å²) in [5.74, 6) is -2.14. The lowest BCUT2D eigenvalue weighted by atomic mass is 9.85. The van der Waals surface area contributed by atoms with Crippen LogP contribution in [0.1, 0.15) is 40.5 Å². The van der Waals surface area contributed by atoms with Crippen molar-refractivity contribution >= 4 is 23.6 Å². The van der Waals surface area contributed by atoms with Crippen LogP contribution in [0.4, 0.5) is 4.79 Å². The van der Waals surface area contributed by atoms with E-state index in [2.05, 4.69) is 17.2 Å². The molecular formula is C31H43N3O8. The lowest BCUT2D eigenvalue weighted by molar-refractivity contribution is -0.120. The molecule has 0 fully saturated rings. The van der Waals surface area contributed by atoms with Crippen molar-refractivity contribution in [3.05, 3.63) is 71.1 Å². The van der Waals surface area contributed by atoms with Crippen molar-refractivity contribution in [3.63, 3.8) is 0 Å². The molecule has 0 spiro atoms. The lowest BCUT2D eigenvalue weighted by Crippen LogP contribution is -2.37. The quantitative estimate of drug-likeness (QED) is 0.271. The third-order valence-corrected chi connectivity index (χ3v) is 7.22. The van der Waals surface area contributed by atoms with Gasteiger partial charge >= 0.3 is 6.09 Å². The van der Waals surface area contributed by atoms with Crippen molar-refractivity contribution in [1.29, 1.82) is 0 Å². The van der Waals surface area contributed by atoms with Gasteiger partial charge in [0.15, 0.2) is 6.10 Å². The number of fused-ring (bicyclic) bond motifs is 2. The molecule has 2 bridgehead atoms. The van der Waals surface area contributed by atoms with Gasteiger partial charge in [0.05, 0.1) is 23.6 Å². The normalized spacial score (nSPS) is 31.6. The van der Waals surface area contributed by atoms with E-state index in [9.17, 15) is 24.3 Å². The van der Waals surface area contributed by atoms with Crippen molar-refractivity contribution in [3.8, 4) is 0 Å². The Morgan fingerprint density at radius 3 is 2.50 bits per heavy atom. The molecule has 1 aliphatic heterocycles. The van der Waals surface area contributed by atoms with E-state index in [1.807, 2.05) is 6.92 Å². The number of carbonyl (C=O) groups is 4. The number of allylic oxidation sites excluding steroid dienone is 4. The molecule has 0 saturated heterocycles. The van der Waals surface area contributed by atoms with Crippen LogP contribution in [0.2, 0.25) is 0 Å². The molecule has 11 heteroatoms. The van der Waals surface area contributed by atoms with Gasteiger partial charge < -0.3 is 35.7 Å². The van der Waals surface area contributed by atoms with E-state index in [4.69, 9.17) is 19.9 Å². The van der Waals surface area contributed by atoms with Gasteiger partial charge in [-0.25, -0.2) is 4.79 Å². The second kappa shape index (κ2) is 16.0. The van der Waals surface area contributed by atoms with Crippen LogP contribution in [0.15, 0.2) is 71.1 Å². The van der Waals surface area contributed by atoms with Gasteiger partial charge in [0.2, 0.25) is 11.6 Å². The number of nitrogens with two attached hydrogens (primary N) is 1. The van der Waals surface area contributed by atoms with Gasteiger partial charge in [-0.2, -0.15) is 0 Å². The van der Waals surface area contributed by atoms with Crippen LogP contribution >= 0.6 is 0 Å². The number of nitrogens with one attached hydrogen (secondary N) is 2. The molecule has 1 aliphatic carbocycles. The van der Waals surface area contributed by atoms with Crippen LogP contribution in [-0.4, -0.2) is 73.9 Å². The molecule has 2 rings (SSSR count). The molecule has 0 aromatic rings. The predicted molar refractivity (Wildman–Crippen MR) is 158 cm³/mol. The summed E-state index contributed by atoms with van der Waals surface area (Å²) in [6.07, 6.45) is 5.34. The topological polar surface area (TPSA) is 166 Å². The largest absolute Gasteiger partial charge is 0.439 e. The highest BCUT2D eigenvalue weighted by molar-refractivity contribution is 6.23.